The Balaban J connectivity index is 0.000000245. The molecule has 2 aromatic rings. The summed E-state index contributed by atoms with van der Waals surface area (Å²) in [5.74, 6) is -1.62. The van der Waals surface area contributed by atoms with Gasteiger partial charge in [0.15, 0.2) is 12.1 Å². The number of ether oxygens (including phenoxy) is 1. The van der Waals surface area contributed by atoms with Gasteiger partial charge in [-0.2, -0.15) is 0 Å². The van der Waals surface area contributed by atoms with Crippen molar-refractivity contribution in [1.29, 1.82) is 0 Å². The third-order valence-electron chi connectivity index (χ3n) is 5.00. The average molecular weight is 433 g/mol. The molecule has 6 atom stereocenters. The van der Waals surface area contributed by atoms with E-state index in [-0.39, 0.29) is 5.78 Å². The molecule has 1 aliphatic rings. The summed E-state index contributed by atoms with van der Waals surface area (Å²) in [6.07, 6.45) is -4.85. The minimum Gasteiger partial charge on any atom is -0.481 e. The molecule has 0 aromatic heterocycles. The molecule has 7 N–H and O–H groups in total. The molecule has 0 bridgehead atoms. The lowest BCUT2D eigenvalue weighted by molar-refractivity contribution is -0.248. The van der Waals surface area contributed by atoms with E-state index < -0.39 is 49.1 Å². The number of nitrogens with two attached hydrogens (primary N) is 1. The second-order valence-electron chi connectivity index (χ2n) is 7.19. The monoisotopic (exact) mass is 433 g/mol. The highest BCUT2D eigenvalue weighted by molar-refractivity contribution is 6.09. The van der Waals surface area contributed by atoms with E-state index in [1.54, 1.807) is 55.5 Å². The van der Waals surface area contributed by atoms with Crippen LogP contribution in [0.25, 0.3) is 0 Å². The van der Waals surface area contributed by atoms with Gasteiger partial charge < -0.3 is 36.0 Å². The molecule has 1 heterocycles. The number of benzene rings is 2. The van der Waals surface area contributed by atoms with Gasteiger partial charge in [-0.1, -0.05) is 48.5 Å². The minimum atomic E-state index is -1.35. The van der Waals surface area contributed by atoms with E-state index in [0.717, 1.165) is 0 Å². The molecule has 1 aliphatic heterocycles. The molecule has 31 heavy (non-hydrogen) atoms. The molecule has 9 heteroatoms. The van der Waals surface area contributed by atoms with Gasteiger partial charge in [-0.25, -0.2) is 0 Å². The van der Waals surface area contributed by atoms with E-state index in [9.17, 15) is 19.8 Å². The van der Waals surface area contributed by atoms with Gasteiger partial charge in [0.2, 0.25) is 0 Å². The highest BCUT2D eigenvalue weighted by Crippen LogP contribution is 2.19. The highest BCUT2D eigenvalue weighted by Gasteiger charge is 2.41. The third kappa shape index (κ3) is 6.17. The van der Waals surface area contributed by atoms with Gasteiger partial charge in [0.05, 0.1) is 18.6 Å². The van der Waals surface area contributed by atoms with Crippen LogP contribution in [0.4, 0.5) is 0 Å². The Hall–Kier alpha value is -2.66. The zero-order chi connectivity index (χ0) is 23.1. The fourth-order valence-electron chi connectivity index (χ4n) is 2.97. The first-order chi connectivity index (χ1) is 14.7. The van der Waals surface area contributed by atoms with Crippen LogP contribution >= 0.6 is 0 Å². The summed E-state index contributed by atoms with van der Waals surface area (Å²) < 4.78 is 4.70. The summed E-state index contributed by atoms with van der Waals surface area (Å²) in [7, 11) is 0. The lowest BCUT2D eigenvalue weighted by atomic mass is 9.96. The van der Waals surface area contributed by atoms with Gasteiger partial charge in [0.1, 0.15) is 18.3 Å². The molecule has 3 rings (SSSR count). The quantitative estimate of drug-likeness (QED) is 0.351. The molecule has 1 fully saturated rings. The molecule has 2 aromatic carbocycles. The van der Waals surface area contributed by atoms with Crippen molar-refractivity contribution in [2.24, 2.45) is 5.73 Å². The van der Waals surface area contributed by atoms with Crippen molar-refractivity contribution in [3.8, 4) is 0 Å². The van der Waals surface area contributed by atoms with Crippen molar-refractivity contribution in [2.75, 3.05) is 6.61 Å². The lowest BCUT2D eigenvalue weighted by Crippen LogP contribution is -2.61. The van der Waals surface area contributed by atoms with E-state index in [1.807, 2.05) is 6.07 Å². The number of hydrogen-bond donors (Lipinski definition) is 6. The summed E-state index contributed by atoms with van der Waals surface area (Å²) >= 11 is 0. The number of carboxylic acids is 1. The summed E-state index contributed by atoms with van der Waals surface area (Å²) in [5.41, 5.74) is 7.01. The van der Waals surface area contributed by atoms with Crippen LogP contribution in [0.5, 0.6) is 0 Å². The Kier molecular flexibility index (Phi) is 8.81. The summed E-state index contributed by atoms with van der Waals surface area (Å²) in [5, 5.41) is 45.1. The molecule has 9 nitrogen and oxygen atoms in total. The van der Waals surface area contributed by atoms with Crippen molar-refractivity contribution in [3.63, 3.8) is 0 Å². The van der Waals surface area contributed by atoms with Crippen LogP contribution in [0.2, 0.25) is 0 Å². The van der Waals surface area contributed by atoms with Crippen LogP contribution in [0.1, 0.15) is 34.3 Å². The second-order valence-corrected chi connectivity index (χ2v) is 7.19. The Labute approximate surface area is 179 Å². The number of rotatable bonds is 5. The molecule has 0 saturated carbocycles. The summed E-state index contributed by atoms with van der Waals surface area (Å²) in [6, 6.07) is 14.7. The third-order valence-corrected chi connectivity index (χ3v) is 5.00. The molecule has 168 valence electrons. The molecule has 0 aliphatic carbocycles. The van der Waals surface area contributed by atoms with E-state index in [1.165, 1.54) is 0 Å². The predicted octanol–water partition coefficient (Wildman–Crippen LogP) is -0.149. The number of ketones is 1. The predicted molar refractivity (Wildman–Crippen MR) is 110 cm³/mol. The van der Waals surface area contributed by atoms with Crippen LogP contribution in [0.3, 0.4) is 0 Å². The SMILES string of the molecule is CC(C(=O)O)c1cccc(C(=O)c2ccccc2)c1.N[C@@H]1[C@@H](O)[C@H](O)[C@@H](CO)O[C@H]1O. The van der Waals surface area contributed by atoms with E-state index in [0.29, 0.717) is 16.7 Å². The number of aliphatic hydroxyl groups is 4. The van der Waals surface area contributed by atoms with Gasteiger partial charge in [0.25, 0.3) is 0 Å². The van der Waals surface area contributed by atoms with E-state index >= 15 is 0 Å². The van der Waals surface area contributed by atoms with Crippen LogP contribution in [0, 0.1) is 0 Å². The van der Waals surface area contributed by atoms with E-state index in [4.69, 9.17) is 25.8 Å². The Bertz CT molecular complexity index is 870. The van der Waals surface area contributed by atoms with Gasteiger partial charge >= 0.3 is 5.97 Å². The number of hydrogen-bond acceptors (Lipinski definition) is 8. The summed E-state index contributed by atoms with van der Waals surface area (Å²) in [6.45, 7) is 1.14. The number of carbonyl (C=O) groups is 2. The normalized spacial score (nSPS) is 26.3. The zero-order valence-corrected chi connectivity index (χ0v) is 16.9. The van der Waals surface area contributed by atoms with Crippen LogP contribution in [-0.2, 0) is 9.53 Å². The van der Waals surface area contributed by atoms with Crippen molar-refractivity contribution >= 4 is 11.8 Å². The average Bonchev–Trinajstić information content (AvgIpc) is 2.80. The largest absolute Gasteiger partial charge is 0.481 e. The fourth-order valence-corrected chi connectivity index (χ4v) is 2.97. The fraction of sp³-hybridized carbons (Fsp3) is 0.364. The van der Waals surface area contributed by atoms with Crippen molar-refractivity contribution < 1.29 is 39.9 Å². The number of aliphatic carboxylic acids is 1. The standard InChI is InChI=1S/C16H14O3.C6H13NO5/c1-11(16(18)19)13-8-5-9-14(10-13)15(17)12-6-3-2-4-7-12;7-3-5(10)4(9)2(1-8)12-6(3)11/h2-11H,1H3,(H,18,19);2-6,8-11H,1,7H2/t;2-,3-,4-,5-,6-/m.1/s1. The maximum absolute atomic E-state index is 12.2. The first-order valence-corrected chi connectivity index (χ1v) is 9.66. The smallest absolute Gasteiger partial charge is 0.310 e. The minimum absolute atomic E-state index is 0.0972. The molecular weight excluding hydrogens is 406 g/mol. The summed E-state index contributed by atoms with van der Waals surface area (Å²) in [4.78, 5) is 23.2. The lowest BCUT2D eigenvalue weighted by Gasteiger charge is -2.38. The van der Waals surface area contributed by atoms with Gasteiger partial charge in [-0.3, -0.25) is 9.59 Å². The van der Waals surface area contributed by atoms with Crippen molar-refractivity contribution in [1.82, 2.24) is 0 Å². The van der Waals surface area contributed by atoms with Crippen LogP contribution in [-0.4, -0.2) is 74.5 Å². The molecule has 0 radical (unpaired) electrons. The van der Waals surface area contributed by atoms with Gasteiger partial charge in [-0.15, -0.1) is 0 Å². The highest BCUT2D eigenvalue weighted by atomic mass is 16.6. The Morgan fingerprint density at radius 2 is 1.61 bits per heavy atom. The molecular formula is C22H27NO8. The maximum Gasteiger partial charge on any atom is 0.310 e. The Morgan fingerprint density at radius 3 is 2.19 bits per heavy atom. The first kappa shape index (κ1) is 24.6. The maximum atomic E-state index is 12.2. The van der Waals surface area contributed by atoms with Gasteiger partial charge in [0, 0.05) is 11.1 Å². The van der Waals surface area contributed by atoms with E-state index in [2.05, 4.69) is 0 Å². The topological polar surface area (TPSA) is 171 Å². The Morgan fingerprint density at radius 1 is 1.00 bits per heavy atom. The zero-order valence-electron chi connectivity index (χ0n) is 16.9. The molecule has 1 unspecified atom stereocenters. The first-order valence-electron chi connectivity index (χ1n) is 9.66. The second kappa shape index (κ2) is 11.1. The van der Waals surface area contributed by atoms with Gasteiger partial charge in [-0.05, 0) is 18.6 Å². The van der Waals surface area contributed by atoms with Crippen molar-refractivity contribution in [2.45, 2.75) is 43.5 Å². The van der Waals surface area contributed by atoms with Crippen LogP contribution in [0.15, 0.2) is 54.6 Å². The number of carbonyl (C=O) groups excluding carboxylic acids is 1. The van der Waals surface area contributed by atoms with Crippen LogP contribution < -0.4 is 5.73 Å². The molecule has 0 amide bonds. The molecule has 0 spiro atoms. The number of carboxylic acid groups (broad SMARTS) is 1. The molecule has 1 saturated heterocycles. The number of aliphatic hydroxyl groups excluding tert-OH is 4. The van der Waals surface area contributed by atoms with Crippen molar-refractivity contribution in [3.05, 3.63) is 71.3 Å².